The fourth-order valence-electron chi connectivity index (χ4n) is 3.48. The summed E-state index contributed by atoms with van der Waals surface area (Å²) in [5.74, 6) is -1.40. The second kappa shape index (κ2) is 9.80. The Morgan fingerprint density at radius 3 is 1.97 bits per heavy atom. The molecule has 7 heteroatoms. The molecule has 0 fully saturated rings. The van der Waals surface area contributed by atoms with Crippen LogP contribution in [-0.4, -0.2) is 32.3 Å². The van der Waals surface area contributed by atoms with Gasteiger partial charge in [-0.05, 0) is 48.6 Å². The van der Waals surface area contributed by atoms with Crippen LogP contribution in [0, 0.1) is 11.8 Å². The Hall–Kier alpha value is -2.51. The van der Waals surface area contributed by atoms with Crippen LogP contribution in [0.5, 0.6) is 0 Å². The summed E-state index contributed by atoms with van der Waals surface area (Å²) in [5.41, 5.74) is 3.69. The number of carboxylic acid groups (broad SMARTS) is 1. The molecule has 0 aliphatic carbocycles. The number of carbonyl (C=O) groups is 1. The van der Waals surface area contributed by atoms with Crippen LogP contribution in [0.15, 0.2) is 58.4 Å². The Bertz CT molecular complexity index is 965. The maximum Gasteiger partial charge on any atom is 0.307 e. The van der Waals surface area contributed by atoms with Crippen LogP contribution in [-0.2, 0) is 21.2 Å². The zero-order chi connectivity index (χ0) is 21.6. The predicted octanol–water partition coefficient (Wildman–Crippen LogP) is 3.75. The quantitative estimate of drug-likeness (QED) is 0.607. The number of hydrogen-bond donors (Lipinski definition) is 2. The molecule has 0 aliphatic rings. The van der Waals surface area contributed by atoms with E-state index >= 15 is 0 Å². The zero-order valence-electron chi connectivity index (χ0n) is 17.0. The van der Waals surface area contributed by atoms with Crippen molar-refractivity contribution in [3.8, 4) is 11.1 Å². The fourth-order valence-corrected chi connectivity index (χ4v) is 3.99. The molecule has 0 amide bonds. The van der Waals surface area contributed by atoms with E-state index in [0.717, 1.165) is 28.8 Å². The summed E-state index contributed by atoms with van der Waals surface area (Å²) in [4.78, 5) is 16.1. The summed E-state index contributed by atoms with van der Waals surface area (Å²) >= 11 is 0. The second-order valence-corrected chi connectivity index (χ2v) is 8.74. The van der Waals surface area contributed by atoms with Gasteiger partial charge >= 0.3 is 5.97 Å². The molecule has 2 rings (SSSR count). The second-order valence-electron chi connectivity index (χ2n) is 7.18. The van der Waals surface area contributed by atoms with Gasteiger partial charge in [0.15, 0.2) is 0 Å². The molecule has 29 heavy (non-hydrogen) atoms. The molecule has 156 valence electrons. The minimum absolute atomic E-state index is 0.0747. The first kappa shape index (κ1) is 22.8. The molecule has 0 heterocycles. The van der Waals surface area contributed by atoms with Gasteiger partial charge in [0, 0.05) is 18.7 Å². The van der Waals surface area contributed by atoms with Gasteiger partial charge in [-0.1, -0.05) is 49.7 Å². The lowest BCUT2D eigenvalue weighted by Crippen LogP contribution is -2.30. The Morgan fingerprint density at radius 1 is 1.03 bits per heavy atom. The van der Waals surface area contributed by atoms with E-state index in [2.05, 4.69) is 4.99 Å². The van der Waals surface area contributed by atoms with Crippen LogP contribution in [0.1, 0.15) is 32.3 Å². The van der Waals surface area contributed by atoms with Crippen LogP contribution in [0.3, 0.4) is 0 Å². The third-order valence-corrected chi connectivity index (χ3v) is 6.15. The molecule has 0 bridgehead atoms. The number of primary sulfonamides is 1. The number of nitrogens with zero attached hydrogens (tertiary/aromatic N) is 1. The highest BCUT2D eigenvalue weighted by Gasteiger charge is 2.29. The predicted molar refractivity (Wildman–Crippen MR) is 116 cm³/mol. The molecule has 6 nitrogen and oxygen atoms in total. The van der Waals surface area contributed by atoms with Gasteiger partial charge in [0.2, 0.25) is 10.0 Å². The summed E-state index contributed by atoms with van der Waals surface area (Å²) in [6.45, 7) is 3.87. The lowest BCUT2D eigenvalue weighted by molar-refractivity contribution is -0.143. The maximum atomic E-state index is 11.8. The number of benzene rings is 2. The third-order valence-electron chi connectivity index (χ3n) is 5.22. The van der Waals surface area contributed by atoms with E-state index in [0.29, 0.717) is 12.8 Å². The summed E-state index contributed by atoms with van der Waals surface area (Å²) < 4.78 is 22.8. The van der Waals surface area contributed by atoms with Crippen LogP contribution < -0.4 is 5.14 Å². The summed E-state index contributed by atoms with van der Waals surface area (Å²) in [6, 6.07) is 14.3. The van der Waals surface area contributed by atoms with Crippen LogP contribution >= 0.6 is 0 Å². The van der Waals surface area contributed by atoms with Crippen molar-refractivity contribution in [1.82, 2.24) is 0 Å². The van der Waals surface area contributed by atoms with Gasteiger partial charge in [-0.2, -0.15) is 0 Å². The molecule has 0 unspecified atom stereocenters. The Morgan fingerprint density at radius 2 is 1.55 bits per heavy atom. The van der Waals surface area contributed by atoms with E-state index < -0.39 is 21.9 Å². The van der Waals surface area contributed by atoms with Crippen LogP contribution in [0.25, 0.3) is 11.1 Å². The van der Waals surface area contributed by atoms with Gasteiger partial charge < -0.3 is 5.11 Å². The molecule has 2 aromatic carbocycles. The summed E-state index contributed by atoms with van der Waals surface area (Å²) in [7, 11) is -2.02. The first-order valence-electron chi connectivity index (χ1n) is 9.55. The van der Waals surface area contributed by atoms with E-state index in [4.69, 9.17) is 5.14 Å². The number of carboxylic acids is 1. The normalized spacial score (nSPS) is 14.4. The molecule has 0 radical (unpaired) electrons. The van der Waals surface area contributed by atoms with Gasteiger partial charge in [-0.3, -0.25) is 9.79 Å². The van der Waals surface area contributed by atoms with E-state index in [1.165, 1.54) is 12.1 Å². The first-order chi connectivity index (χ1) is 13.7. The lowest BCUT2D eigenvalue weighted by atomic mass is 9.81. The monoisotopic (exact) mass is 416 g/mol. The minimum atomic E-state index is -3.71. The molecule has 0 saturated heterocycles. The Labute approximate surface area is 172 Å². The topological polar surface area (TPSA) is 110 Å². The van der Waals surface area contributed by atoms with Gasteiger partial charge in [-0.25, -0.2) is 13.6 Å². The van der Waals surface area contributed by atoms with E-state index in [-0.39, 0.29) is 10.8 Å². The van der Waals surface area contributed by atoms with Gasteiger partial charge in [0.1, 0.15) is 0 Å². The highest BCUT2D eigenvalue weighted by atomic mass is 32.2. The van der Waals surface area contributed by atoms with Crippen molar-refractivity contribution in [2.24, 2.45) is 22.0 Å². The van der Waals surface area contributed by atoms with E-state index in [1.54, 1.807) is 19.2 Å². The van der Waals surface area contributed by atoms with Gasteiger partial charge in [0.25, 0.3) is 0 Å². The van der Waals surface area contributed by atoms with Crippen molar-refractivity contribution in [3.05, 3.63) is 54.1 Å². The molecular weight excluding hydrogens is 388 g/mol. The van der Waals surface area contributed by atoms with Crippen molar-refractivity contribution < 1.29 is 18.3 Å². The number of nitrogens with two attached hydrogens (primary N) is 1. The zero-order valence-corrected chi connectivity index (χ0v) is 17.8. The smallest absolute Gasteiger partial charge is 0.307 e. The minimum Gasteiger partial charge on any atom is -0.481 e. The number of sulfonamides is 1. The molecule has 0 aromatic heterocycles. The lowest BCUT2D eigenvalue weighted by Gasteiger charge is -2.24. The molecule has 0 aliphatic heterocycles. The number of aliphatic carboxylic acids is 1. The maximum absolute atomic E-state index is 11.8. The average molecular weight is 417 g/mol. The number of hydrogen-bond acceptors (Lipinski definition) is 4. The highest BCUT2D eigenvalue weighted by Crippen LogP contribution is 2.27. The van der Waals surface area contributed by atoms with E-state index in [1.807, 2.05) is 38.1 Å². The first-order valence-corrected chi connectivity index (χ1v) is 11.1. The molecule has 0 saturated carbocycles. The third kappa shape index (κ3) is 5.98. The summed E-state index contributed by atoms with van der Waals surface area (Å²) in [6.07, 6.45) is 2.02. The van der Waals surface area contributed by atoms with Gasteiger partial charge in [0.05, 0.1) is 10.8 Å². The molecular formula is C22H28N2O4S. The largest absolute Gasteiger partial charge is 0.481 e. The van der Waals surface area contributed by atoms with E-state index in [9.17, 15) is 18.3 Å². The standard InChI is InChI=1S/C22H28N2O4S/c1-4-5-20(22(25)26)21(15(2)24-3)14-16-6-8-17(9-7-16)18-10-12-19(13-11-18)29(23,27)28/h6-13,20-21H,4-5,14H2,1-3H3,(H,25,26)(H2,23,27,28)/t20-,21+/m0/s1. The van der Waals surface area contributed by atoms with Crippen molar-refractivity contribution in [3.63, 3.8) is 0 Å². The molecule has 2 aromatic rings. The number of rotatable bonds is 9. The van der Waals surface area contributed by atoms with Gasteiger partial charge in [-0.15, -0.1) is 0 Å². The molecule has 2 atom stereocenters. The molecule has 0 spiro atoms. The van der Waals surface area contributed by atoms with Crippen molar-refractivity contribution in [2.75, 3.05) is 7.05 Å². The van der Waals surface area contributed by atoms with Crippen molar-refractivity contribution in [1.29, 1.82) is 0 Å². The van der Waals surface area contributed by atoms with Crippen molar-refractivity contribution in [2.45, 2.75) is 38.0 Å². The average Bonchev–Trinajstić information content (AvgIpc) is 2.69. The Balaban J connectivity index is 2.24. The van der Waals surface area contributed by atoms with Crippen molar-refractivity contribution >= 4 is 21.7 Å². The SMILES string of the molecule is CCC[C@H](C(=O)O)[C@H](Cc1ccc(-c2ccc(S(N)(=O)=O)cc2)cc1)C(C)=NC. The highest BCUT2D eigenvalue weighted by molar-refractivity contribution is 7.89. The molecule has 3 N–H and O–H groups in total. The van der Waals surface area contributed by atoms with Crippen LogP contribution in [0.4, 0.5) is 0 Å². The summed E-state index contributed by atoms with van der Waals surface area (Å²) in [5, 5.41) is 14.8. The number of aliphatic imine (C=N–C) groups is 1. The van der Waals surface area contributed by atoms with Crippen LogP contribution in [0.2, 0.25) is 0 Å². The fraction of sp³-hybridized carbons (Fsp3) is 0.364. The Kier molecular flexibility index (Phi) is 7.70.